The number of aromatic nitrogens is 2. The third-order valence-corrected chi connectivity index (χ3v) is 5.67. The standard InChI is InChI=1S/C24H27N5O2/c25-21(12-17-6-2-1-3-7-17)23(30)28-22(13-20-14-26-16-27-20)24(31)29-11-10-18-8-4-5-9-19(18)15-29/h1-9,14,16,21-22H,10-13,15,25H2,(H,26,27)(H,28,30)/t21?,22-/m0/s1. The van der Waals surface area contributed by atoms with Gasteiger partial charge in [-0.05, 0) is 29.5 Å². The quantitative estimate of drug-likeness (QED) is 0.543. The molecule has 2 atom stereocenters. The predicted octanol–water partition coefficient (Wildman–Crippen LogP) is 1.59. The van der Waals surface area contributed by atoms with E-state index in [4.69, 9.17) is 5.73 Å². The van der Waals surface area contributed by atoms with Crippen LogP contribution in [0.4, 0.5) is 0 Å². The second kappa shape index (κ2) is 9.57. The molecule has 2 aromatic carbocycles. The lowest BCUT2D eigenvalue weighted by Crippen LogP contribution is -2.54. The maximum atomic E-state index is 13.4. The van der Waals surface area contributed by atoms with Gasteiger partial charge in [0.2, 0.25) is 11.8 Å². The highest BCUT2D eigenvalue weighted by Gasteiger charge is 2.30. The Hall–Kier alpha value is -3.45. The van der Waals surface area contributed by atoms with E-state index in [1.165, 1.54) is 5.56 Å². The Kier molecular flexibility index (Phi) is 6.43. The van der Waals surface area contributed by atoms with Crippen molar-refractivity contribution in [2.24, 2.45) is 5.73 Å². The molecule has 2 amide bonds. The van der Waals surface area contributed by atoms with Crippen LogP contribution in [-0.4, -0.2) is 45.3 Å². The number of carbonyl (C=O) groups is 2. The van der Waals surface area contributed by atoms with Crippen LogP contribution in [-0.2, 0) is 35.4 Å². The first-order valence-electron chi connectivity index (χ1n) is 10.5. The van der Waals surface area contributed by atoms with Crippen molar-refractivity contribution in [3.05, 3.63) is 89.5 Å². The van der Waals surface area contributed by atoms with Crippen LogP contribution in [0.15, 0.2) is 67.1 Å². The van der Waals surface area contributed by atoms with Crippen LogP contribution in [0.5, 0.6) is 0 Å². The van der Waals surface area contributed by atoms with Crippen molar-refractivity contribution in [2.45, 2.75) is 37.9 Å². The smallest absolute Gasteiger partial charge is 0.245 e. The average Bonchev–Trinajstić information content (AvgIpc) is 3.31. The van der Waals surface area contributed by atoms with Crippen molar-refractivity contribution in [1.82, 2.24) is 20.2 Å². The fraction of sp³-hybridized carbons (Fsp3) is 0.292. The van der Waals surface area contributed by atoms with E-state index >= 15 is 0 Å². The lowest BCUT2D eigenvalue weighted by Gasteiger charge is -2.32. The van der Waals surface area contributed by atoms with Gasteiger partial charge in [-0.15, -0.1) is 0 Å². The number of nitrogens with zero attached hydrogens (tertiary/aromatic N) is 2. The predicted molar refractivity (Wildman–Crippen MR) is 118 cm³/mol. The van der Waals surface area contributed by atoms with Gasteiger partial charge in [-0.2, -0.15) is 0 Å². The zero-order valence-corrected chi connectivity index (χ0v) is 17.3. The van der Waals surface area contributed by atoms with E-state index in [-0.39, 0.29) is 11.8 Å². The molecule has 7 nitrogen and oxygen atoms in total. The Labute approximate surface area is 181 Å². The van der Waals surface area contributed by atoms with Gasteiger partial charge in [0.25, 0.3) is 0 Å². The molecule has 0 saturated carbocycles. The van der Waals surface area contributed by atoms with Crippen LogP contribution in [0.2, 0.25) is 0 Å². The highest BCUT2D eigenvalue weighted by Crippen LogP contribution is 2.19. The minimum atomic E-state index is -0.735. The van der Waals surface area contributed by atoms with Gasteiger partial charge in [-0.3, -0.25) is 9.59 Å². The van der Waals surface area contributed by atoms with Gasteiger partial charge in [0.15, 0.2) is 0 Å². The molecule has 0 spiro atoms. The van der Waals surface area contributed by atoms with Gasteiger partial charge in [-0.1, -0.05) is 54.6 Å². The number of nitrogens with two attached hydrogens (primary N) is 1. The summed E-state index contributed by atoms with van der Waals surface area (Å²) in [7, 11) is 0. The maximum absolute atomic E-state index is 13.4. The van der Waals surface area contributed by atoms with Crippen LogP contribution in [0, 0.1) is 0 Å². The number of H-pyrrole nitrogens is 1. The Balaban J connectivity index is 1.46. The molecule has 3 aromatic rings. The summed E-state index contributed by atoms with van der Waals surface area (Å²) < 4.78 is 0. The van der Waals surface area contributed by atoms with Crippen molar-refractivity contribution in [3.63, 3.8) is 0 Å². The molecular formula is C24H27N5O2. The van der Waals surface area contributed by atoms with Crippen molar-refractivity contribution in [1.29, 1.82) is 0 Å². The van der Waals surface area contributed by atoms with E-state index in [2.05, 4.69) is 21.4 Å². The van der Waals surface area contributed by atoms with Crippen molar-refractivity contribution in [2.75, 3.05) is 6.54 Å². The van der Waals surface area contributed by atoms with Crippen LogP contribution in [0.1, 0.15) is 22.4 Å². The summed E-state index contributed by atoms with van der Waals surface area (Å²) in [4.78, 5) is 35.1. The Morgan fingerprint density at radius 1 is 1.06 bits per heavy atom. The topological polar surface area (TPSA) is 104 Å². The molecule has 31 heavy (non-hydrogen) atoms. The second-order valence-electron chi connectivity index (χ2n) is 7.92. The van der Waals surface area contributed by atoms with Gasteiger partial charge < -0.3 is 20.9 Å². The van der Waals surface area contributed by atoms with Gasteiger partial charge in [0, 0.05) is 31.4 Å². The number of aromatic amines is 1. The maximum Gasteiger partial charge on any atom is 0.245 e. The molecule has 4 N–H and O–H groups in total. The van der Waals surface area contributed by atoms with Crippen LogP contribution < -0.4 is 11.1 Å². The molecule has 160 valence electrons. The molecule has 1 aliphatic heterocycles. The summed E-state index contributed by atoms with van der Waals surface area (Å²) in [6.45, 7) is 1.17. The first kappa shape index (κ1) is 20.8. The van der Waals surface area contributed by atoms with Crippen molar-refractivity contribution in [3.8, 4) is 0 Å². The van der Waals surface area contributed by atoms with E-state index in [1.807, 2.05) is 53.4 Å². The van der Waals surface area contributed by atoms with Gasteiger partial charge >= 0.3 is 0 Å². The summed E-state index contributed by atoms with van der Waals surface area (Å²) in [6.07, 6.45) is 4.79. The summed E-state index contributed by atoms with van der Waals surface area (Å²) in [5, 5.41) is 2.89. The molecule has 1 aromatic heterocycles. The van der Waals surface area contributed by atoms with Crippen LogP contribution >= 0.6 is 0 Å². The first-order valence-corrected chi connectivity index (χ1v) is 10.5. The summed E-state index contributed by atoms with van der Waals surface area (Å²) in [5.74, 6) is -0.441. The molecule has 4 rings (SSSR count). The summed E-state index contributed by atoms with van der Waals surface area (Å²) in [5.41, 5.74) is 10.3. The molecule has 0 bridgehead atoms. The highest BCUT2D eigenvalue weighted by atomic mass is 16.2. The lowest BCUT2D eigenvalue weighted by atomic mass is 9.98. The zero-order chi connectivity index (χ0) is 21.6. The zero-order valence-electron chi connectivity index (χ0n) is 17.3. The number of amides is 2. The van der Waals surface area contributed by atoms with Gasteiger partial charge in [0.1, 0.15) is 6.04 Å². The molecule has 7 heteroatoms. The number of carbonyl (C=O) groups excluding carboxylic acids is 2. The number of imidazole rings is 1. The monoisotopic (exact) mass is 417 g/mol. The molecule has 2 heterocycles. The van der Waals surface area contributed by atoms with Gasteiger partial charge in [-0.25, -0.2) is 4.98 Å². The number of hydrogen-bond acceptors (Lipinski definition) is 4. The molecule has 0 radical (unpaired) electrons. The van der Waals surface area contributed by atoms with E-state index < -0.39 is 12.1 Å². The molecule has 0 fully saturated rings. The molecule has 0 aliphatic carbocycles. The minimum Gasteiger partial charge on any atom is -0.348 e. The van der Waals surface area contributed by atoms with E-state index in [0.29, 0.717) is 25.9 Å². The third kappa shape index (κ3) is 5.19. The Bertz CT molecular complexity index is 1020. The van der Waals surface area contributed by atoms with Crippen LogP contribution in [0.25, 0.3) is 0 Å². The van der Waals surface area contributed by atoms with Crippen molar-refractivity contribution < 1.29 is 9.59 Å². The van der Waals surface area contributed by atoms with Crippen LogP contribution in [0.3, 0.4) is 0 Å². The SMILES string of the molecule is NC(Cc1ccccc1)C(=O)N[C@@H](Cc1cnc[nH]1)C(=O)N1CCc2ccccc2C1. The molecule has 0 saturated heterocycles. The fourth-order valence-corrected chi connectivity index (χ4v) is 3.96. The third-order valence-electron chi connectivity index (χ3n) is 5.67. The number of hydrogen-bond donors (Lipinski definition) is 3. The number of nitrogens with one attached hydrogen (secondary N) is 2. The summed E-state index contributed by atoms with van der Waals surface area (Å²) >= 11 is 0. The normalized spacial score (nSPS) is 15.1. The van der Waals surface area contributed by atoms with Gasteiger partial charge in [0.05, 0.1) is 12.4 Å². The number of rotatable bonds is 7. The number of benzene rings is 2. The Morgan fingerprint density at radius 3 is 2.55 bits per heavy atom. The second-order valence-corrected chi connectivity index (χ2v) is 7.92. The minimum absolute atomic E-state index is 0.107. The highest BCUT2D eigenvalue weighted by molar-refractivity contribution is 5.90. The Morgan fingerprint density at radius 2 is 1.81 bits per heavy atom. The van der Waals surface area contributed by atoms with E-state index in [9.17, 15) is 9.59 Å². The molecular weight excluding hydrogens is 390 g/mol. The van der Waals surface area contributed by atoms with E-state index in [0.717, 1.165) is 23.2 Å². The largest absolute Gasteiger partial charge is 0.348 e. The lowest BCUT2D eigenvalue weighted by molar-refractivity contribution is -0.137. The average molecular weight is 418 g/mol. The number of fused-ring (bicyclic) bond motifs is 1. The molecule has 1 unspecified atom stereocenters. The first-order chi connectivity index (χ1) is 15.1. The van der Waals surface area contributed by atoms with Crippen molar-refractivity contribution >= 4 is 11.8 Å². The summed E-state index contributed by atoms with van der Waals surface area (Å²) in [6, 6.07) is 16.3. The molecule has 1 aliphatic rings. The fourth-order valence-electron chi connectivity index (χ4n) is 3.96. The van der Waals surface area contributed by atoms with E-state index in [1.54, 1.807) is 12.5 Å².